The van der Waals surface area contributed by atoms with Crippen molar-refractivity contribution in [3.05, 3.63) is 29.3 Å². The molecule has 0 fully saturated rings. The van der Waals surface area contributed by atoms with Crippen LogP contribution >= 0.6 is 11.6 Å². The van der Waals surface area contributed by atoms with E-state index in [1.165, 1.54) is 0 Å². The molecule has 16 heavy (non-hydrogen) atoms. The van der Waals surface area contributed by atoms with Gasteiger partial charge in [0.25, 0.3) is 0 Å². The Bertz CT molecular complexity index is 358. The van der Waals surface area contributed by atoms with Crippen LogP contribution in [-0.4, -0.2) is 12.8 Å². The van der Waals surface area contributed by atoms with Gasteiger partial charge in [0.2, 0.25) is 0 Å². The molecule has 86 valence electrons. The summed E-state index contributed by atoms with van der Waals surface area (Å²) < 4.78 is 5.67. The third kappa shape index (κ3) is 3.73. The quantitative estimate of drug-likeness (QED) is 0.803. The predicted octanol–water partition coefficient (Wildman–Crippen LogP) is 2.81. The van der Waals surface area contributed by atoms with Gasteiger partial charge in [0.15, 0.2) is 6.23 Å². The normalized spacial score (nSPS) is 13.9. The fraction of sp³-hybridized carbons (Fsp3) is 0.417. The maximum atomic E-state index is 8.86. The molecule has 3 nitrogen and oxygen atoms in total. The lowest BCUT2D eigenvalue weighted by molar-refractivity contribution is 0.133. The Balaban J connectivity index is 2.68. The fourth-order valence-electron chi connectivity index (χ4n) is 1.25. The summed E-state index contributed by atoms with van der Waals surface area (Å²) in [6.07, 6.45) is -0.295. The molecule has 2 atom stereocenters. The molecule has 0 saturated heterocycles. The number of halogens is 1. The highest BCUT2D eigenvalue weighted by Crippen LogP contribution is 2.18. The Morgan fingerprint density at radius 1 is 1.44 bits per heavy atom. The van der Waals surface area contributed by atoms with Gasteiger partial charge in [-0.15, -0.1) is 0 Å². The summed E-state index contributed by atoms with van der Waals surface area (Å²) in [5.74, 6) is 0.494. The van der Waals surface area contributed by atoms with Crippen LogP contribution in [0.25, 0.3) is 0 Å². The average Bonchev–Trinajstić information content (AvgIpc) is 2.30. The molecule has 0 radical (unpaired) electrons. The molecule has 0 spiro atoms. The third-order valence-electron chi connectivity index (χ3n) is 2.14. The number of rotatable bonds is 5. The number of hydrogen-bond donors (Lipinski definition) is 1. The highest BCUT2D eigenvalue weighted by atomic mass is 35.5. The van der Waals surface area contributed by atoms with E-state index in [9.17, 15) is 0 Å². The van der Waals surface area contributed by atoms with Crippen LogP contribution in [0.2, 0.25) is 5.02 Å². The number of nitriles is 1. The Morgan fingerprint density at radius 2 is 2.06 bits per heavy atom. The van der Waals surface area contributed by atoms with Crippen molar-refractivity contribution >= 4 is 11.6 Å². The second kappa shape index (κ2) is 6.37. The van der Waals surface area contributed by atoms with Crippen molar-refractivity contribution < 1.29 is 4.74 Å². The summed E-state index contributed by atoms with van der Waals surface area (Å²) in [6.45, 7) is 4.55. The Labute approximate surface area is 101 Å². The second-order valence-corrected chi connectivity index (χ2v) is 3.90. The van der Waals surface area contributed by atoms with E-state index in [-0.39, 0.29) is 12.1 Å². The molecule has 0 amide bonds. The second-order valence-electron chi connectivity index (χ2n) is 3.47. The van der Waals surface area contributed by atoms with Gasteiger partial charge in [0.05, 0.1) is 12.0 Å². The highest BCUT2D eigenvalue weighted by molar-refractivity contribution is 6.30. The standard InChI is InChI=1S/C12H15ClN2O/c1-3-15-12(9(2)8-14)16-11-6-4-10(13)5-7-11/h4-7,9,12,15H,3H2,1-2H3. The third-order valence-corrected chi connectivity index (χ3v) is 2.39. The van der Waals surface area contributed by atoms with Crippen LogP contribution in [0.1, 0.15) is 13.8 Å². The first-order valence-corrected chi connectivity index (χ1v) is 5.60. The molecule has 2 unspecified atom stereocenters. The highest BCUT2D eigenvalue weighted by Gasteiger charge is 2.17. The Kier molecular flexibility index (Phi) is 5.10. The van der Waals surface area contributed by atoms with Crippen LogP contribution in [0.4, 0.5) is 0 Å². The van der Waals surface area contributed by atoms with Crippen LogP contribution in [0.3, 0.4) is 0 Å². The predicted molar refractivity (Wildman–Crippen MR) is 64.3 cm³/mol. The minimum atomic E-state index is -0.295. The van der Waals surface area contributed by atoms with Crippen molar-refractivity contribution in [2.75, 3.05) is 6.54 Å². The van der Waals surface area contributed by atoms with E-state index in [4.69, 9.17) is 21.6 Å². The molecular weight excluding hydrogens is 224 g/mol. The van der Waals surface area contributed by atoms with Gasteiger partial charge in [-0.3, -0.25) is 5.32 Å². The zero-order chi connectivity index (χ0) is 12.0. The van der Waals surface area contributed by atoms with Crippen molar-refractivity contribution in [1.29, 1.82) is 5.26 Å². The van der Waals surface area contributed by atoms with E-state index >= 15 is 0 Å². The molecule has 0 aliphatic carbocycles. The van der Waals surface area contributed by atoms with E-state index in [2.05, 4.69) is 11.4 Å². The van der Waals surface area contributed by atoms with Crippen molar-refractivity contribution in [2.45, 2.75) is 20.1 Å². The largest absolute Gasteiger partial charge is 0.474 e. The van der Waals surface area contributed by atoms with Gasteiger partial charge in [-0.2, -0.15) is 5.26 Å². The first-order valence-electron chi connectivity index (χ1n) is 5.22. The van der Waals surface area contributed by atoms with Crippen LogP contribution in [0.5, 0.6) is 5.75 Å². The molecule has 0 bridgehead atoms. The SMILES string of the molecule is CCNC(Oc1ccc(Cl)cc1)C(C)C#N. The fourth-order valence-corrected chi connectivity index (χ4v) is 1.38. The smallest absolute Gasteiger partial charge is 0.165 e. The molecule has 1 N–H and O–H groups in total. The Morgan fingerprint density at radius 3 is 2.56 bits per heavy atom. The summed E-state index contributed by atoms with van der Waals surface area (Å²) in [5, 5.41) is 12.6. The molecular formula is C12H15ClN2O. The summed E-state index contributed by atoms with van der Waals surface area (Å²) >= 11 is 5.78. The number of benzene rings is 1. The molecule has 0 heterocycles. The zero-order valence-electron chi connectivity index (χ0n) is 9.40. The summed E-state index contributed by atoms with van der Waals surface area (Å²) in [5.41, 5.74) is 0. The maximum absolute atomic E-state index is 8.86. The summed E-state index contributed by atoms with van der Waals surface area (Å²) in [7, 11) is 0. The van der Waals surface area contributed by atoms with Crippen molar-refractivity contribution in [1.82, 2.24) is 5.32 Å². The monoisotopic (exact) mass is 238 g/mol. The van der Waals surface area contributed by atoms with Crippen LogP contribution in [-0.2, 0) is 0 Å². The lowest BCUT2D eigenvalue weighted by Gasteiger charge is -2.21. The molecule has 0 aliphatic heterocycles. The Hall–Kier alpha value is -1.24. The van der Waals surface area contributed by atoms with E-state index in [1.54, 1.807) is 24.3 Å². The first-order chi connectivity index (χ1) is 7.67. The van der Waals surface area contributed by atoms with Crippen LogP contribution in [0.15, 0.2) is 24.3 Å². The van der Waals surface area contributed by atoms with Gasteiger partial charge >= 0.3 is 0 Å². The molecule has 1 rings (SSSR count). The van der Waals surface area contributed by atoms with Crippen molar-refractivity contribution in [2.24, 2.45) is 5.92 Å². The van der Waals surface area contributed by atoms with E-state index < -0.39 is 0 Å². The number of nitrogens with zero attached hydrogens (tertiary/aromatic N) is 1. The van der Waals surface area contributed by atoms with Crippen molar-refractivity contribution in [3.8, 4) is 11.8 Å². The van der Waals surface area contributed by atoms with Gasteiger partial charge in [0, 0.05) is 5.02 Å². The number of ether oxygens (including phenoxy) is 1. The van der Waals surface area contributed by atoms with Gasteiger partial charge in [-0.25, -0.2) is 0 Å². The molecule has 0 aliphatic rings. The van der Waals surface area contributed by atoms with Gasteiger partial charge < -0.3 is 4.74 Å². The summed E-state index contributed by atoms with van der Waals surface area (Å²) in [4.78, 5) is 0. The maximum Gasteiger partial charge on any atom is 0.165 e. The zero-order valence-corrected chi connectivity index (χ0v) is 10.2. The minimum Gasteiger partial charge on any atom is -0.474 e. The molecule has 4 heteroatoms. The van der Waals surface area contributed by atoms with Gasteiger partial charge in [0.1, 0.15) is 5.75 Å². The number of hydrogen-bond acceptors (Lipinski definition) is 3. The van der Waals surface area contributed by atoms with Gasteiger partial charge in [-0.05, 0) is 37.7 Å². The molecule has 1 aromatic carbocycles. The first kappa shape index (κ1) is 12.8. The minimum absolute atomic E-state index is 0.212. The van der Waals surface area contributed by atoms with E-state index in [0.717, 1.165) is 6.54 Å². The van der Waals surface area contributed by atoms with Crippen LogP contribution in [0, 0.1) is 17.2 Å². The van der Waals surface area contributed by atoms with E-state index in [0.29, 0.717) is 10.8 Å². The number of nitrogens with one attached hydrogen (secondary N) is 1. The topological polar surface area (TPSA) is 45.0 Å². The lowest BCUT2D eigenvalue weighted by Crippen LogP contribution is -2.39. The molecule has 1 aromatic rings. The lowest BCUT2D eigenvalue weighted by atomic mass is 10.2. The van der Waals surface area contributed by atoms with Gasteiger partial charge in [-0.1, -0.05) is 18.5 Å². The molecule has 0 aromatic heterocycles. The van der Waals surface area contributed by atoms with Crippen molar-refractivity contribution in [3.63, 3.8) is 0 Å². The van der Waals surface area contributed by atoms with Crippen LogP contribution < -0.4 is 10.1 Å². The summed E-state index contributed by atoms with van der Waals surface area (Å²) in [6, 6.07) is 9.27. The average molecular weight is 239 g/mol. The van der Waals surface area contributed by atoms with E-state index in [1.807, 2.05) is 13.8 Å². The molecule has 0 saturated carbocycles.